The van der Waals surface area contributed by atoms with Crippen LogP contribution in [0.2, 0.25) is 0 Å². The van der Waals surface area contributed by atoms with E-state index >= 15 is 0 Å². The molecule has 0 atom stereocenters. The summed E-state index contributed by atoms with van der Waals surface area (Å²) in [6.07, 6.45) is 1.35. The number of nitrogens with one attached hydrogen (secondary N) is 1. The van der Waals surface area contributed by atoms with E-state index < -0.39 is 11.9 Å². The molecule has 2 rings (SSSR count). The number of urea groups is 1. The molecule has 0 bridgehead atoms. The van der Waals surface area contributed by atoms with Crippen LogP contribution in [0.4, 0.5) is 4.79 Å². The summed E-state index contributed by atoms with van der Waals surface area (Å²) in [5.41, 5.74) is 6.21. The van der Waals surface area contributed by atoms with E-state index in [2.05, 4.69) is 38.5 Å². The largest absolute Gasteiger partial charge is 0.490 e. The number of hydrogen-bond acceptors (Lipinski definition) is 5. The zero-order valence-corrected chi connectivity index (χ0v) is 19.1. The molecule has 0 aliphatic heterocycles. The first-order valence-electron chi connectivity index (χ1n) is 8.40. The van der Waals surface area contributed by atoms with Crippen LogP contribution < -0.4 is 20.5 Å². The normalized spacial score (nSPS) is 10.8. The number of ether oxygens (including phenoxy) is 2. The lowest BCUT2D eigenvalue weighted by Crippen LogP contribution is -2.35. The molecule has 0 saturated carbocycles. The molecule has 0 spiro atoms. The average Bonchev–Trinajstić information content (AvgIpc) is 2.66. The average molecular weight is 570 g/mol. The molecule has 2 aromatic carbocycles. The van der Waals surface area contributed by atoms with Crippen molar-refractivity contribution in [2.45, 2.75) is 13.5 Å². The molecule has 0 aromatic heterocycles. The van der Waals surface area contributed by atoms with Gasteiger partial charge in [0, 0.05) is 4.47 Å². The summed E-state index contributed by atoms with van der Waals surface area (Å²) < 4.78 is 13.4. The first-order chi connectivity index (χ1) is 13.8. The van der Waals surface area contributed by atoms with Gasteiger partial charge in [-0.3, -0.25) is 10.1 Å². The fourth-order valence-electron chi connectivity index (χ4n) is 2.30. The molecule has 150 valence electrons. The smallest absolute Gasteiger partial charge is 0.319 e. The maximum Gasteiger partial charge on any atom is 0.319 e. The van der Waals surface area contributed by atoms with E-state index in [1.54, 1.807) is 18.2 Å². The topological polar surface area (TPSA) is 114 Å². The lowest BCUT2D eigenvalue weighted by Gasteiger charge is -2.15. The Morgan fingerprint density at radius 1 is 1.28 bits per heavy atom. The Morgan fingerprint density at radius 3 is 2.55 bits per heavy atom. The van der Waals surface area contributed by atoms with Gasteiger partial charge in [-0.25, -0.2) is 4.79 Å². The third-order valence-electron chi connectivity index (χ3n) is 3.54. The predicted molar refractivity (Wildman–Crippen MR) is 120 cm³/mol. The second-order valence-corrected chi connectivity index (χ2v) is 7.74. The highest BCUT2D eigenvalue weighted by molar-refractivity contribution is 14.1. The summed E-state index contributed by atoms with van der Waals surface area (Å²) >= 11 is 5.49. The second-order valence-electron chi connectivity index (χ2n) is 5.67. The number of carbonyl (C=O) groups is 2. The van der Waals surface area contributed by atoms with Crippen molar-refractivity contribution in [1.82, 2.24) is 5.32 Å². The van der Waals surface area contributed by atoms with Crippen molar-refractivity contribution < 1.29 is 19.1 Å². The van der Waals surface area contributed by atoms with Crippen LogP contribution >= 0.6 is 38.5 Å². The summed E-state index contributed by atoms with van der Waals surface area (Å²) in [5, 5.41) is 11.1. The van der Waals surface area contributed by atoms with Gasteiger partial charge in [-0.2, -0.15) is 5.26 Å². The molecule has 3 amide bonds. The number of rotatable bonds is 7. The van der Waals surface area contributed by atoms with Crippen molar-refractivity contribution in [3.63, 3.8) is 0 Å². The van der Waals surface area contributed by atoms with Crippen LogP contribution in [0.25, 0.3) is 6.08 Å². The molecule has 0 saturated heterocycles. The van der Waals surface area contributed by atoms with Crippen molar-refractivity contribution in [2.24, 2.45) is 5.73 Å². The Morgan fingerprint density at radius 2 is 1.97 bits per heavy atom. The number of amides is 3. The summed E-state index contributed by atoms with van der Waals surface area (Å²) in [5.74, 6) is 0.173. The first kappa shape index (κ1) is 22.7. The van der Waals surface area contributed by atoms with Crippen molar-refractivity contribution in [1.29, 1.82) is 5.26 Å². The van der Waals surface area contributed by atoms with Crippen LogP contribution in [0.5, 0.6) is 11.5 Å². The Bertz CT molecular complexity index is 984. The van der Waals surface area contributed by atoms with Gasteiger partial charge in [0.05, 0.1) is 10.2 Å². The lowest BCUT2D eigenvalue weighted by molar-refractivity contribution is -0.115. The van der Waals surface area contributed by atoms with Crippen LogP contribution in [-0.2, 0) is 11.4 Å². The third kappa shape index (κ3) is 6.76. The van der Waals surface area contributed by atoms with Crippen LogP contribution in [0.1, 0.15) is 18.1 Å². The summed E-state index contributed by atoms with van der Waals surface area (Å²) in [4.78, 5) is 22.7. The zero-order valence-electron chi connectivity index (χ0n) is 15.4. The number of hydrogen-bond donors (Lipinski definition) is 2. The molecule has 0 radical (unpaired) electrons. The number of halogens is 2. The van der Waals surface area contributed by atoms with Crippen LogP contribution in [0, 0.1) is 14.9 Å². The van der Waals surface area contributed by atoms with Gasteiger partial charge in [0.15, 0.2) is 11.5 Å². The molecule has 0 fully saturated rings. The minimum atomic E-state index is -1.03. The Labute approximate surface area is 190 Å². The van der Waals surface area contributed by atoms with E-state index in [0.29, 0.717) is 30.3 Å². The van der Waals surface area contributed by atoms with E-state index in [4.69, 9.17) is 15.2 Å². The molecule has 29 heavy (non-hydrogen) atoms. The number of nitrogens with zero attached hydrogens (tertiary/aromatic N) is 1. The maximum atomic E-state index is 11.9. The standard InChI is InChI=1S/C20H17BrIN3O4/c1-2-28-17-9-13(7-14(10-23)19(26)25-20(24)27)8-16(22)18(17)29-11-12-3-5-15(21)6-4-12/h3-9H,2,11H2,1H3,(H3,24,25,26,27)/b14-7-. The van der Waals surface area contributed by atoms with Gasteiger partial charge in [-0.1, -0.05) is 28.1 Å². The Hall–Kier alpha value is -2.58. The number of carbonyl (C=O) groups excluding carboxylic acids is 2. The molecular weight excluding hydrogens is 553 g/mol. The number of imide groups is 1. The quantitative estimate of drug-likeness (QED) is 0.295. The van der Waals surface area contributed by atoms with E-state index in [-0.39, 0.29) is 5.57 Å². The van der Waals surface area contributed by atoms with E-state index in [1.165, 1.54) is 6.08 Å². The van der Waals surface area contributed by atoms with Gasteiger partial charge in [0.1, 0.15) is 18.2 Å². The summed E-state index contributed by atoms with van der Waals surface area (Å²) in [7, 11) is 0. The summed E-state index contributed by atoms with van der Waals surface area (Å²) in [6.45, 7) is 2.60. The first-order valence-corrected chi connectivity index (χ1v) is 10.3. The third-order valence-corrected chi connectivity index (χ3v) is 4.87. The maximum absolute atomic E-state index is 11.9. The lowest BCUT2D eigenvalue weighted by atomic mass is 10.1. The number of nitriles is 1. The van der Waals surface area contributed by atoms with Crippen molar-refractivity contribution >= 4 is 56.5 Å². The van der Waals surface area contributed by atoms with Gasteiger partial charge in [-0.05, 0) is 71.0 Å². The molecule has 9 heteroatoms. The molecule has 0 heterocycles. The van der Waals surface area contributed by atoms with Gasteiger partial charge in [0.2, 0.25) is 0 Å². The van der Waals surface area contributed by atoms with Crippen LogP contribution in [0.3, 0.4) is 0 Å². The van der Waals surface area contributed by atoms with E-state index in [1.807, 2.05) is 36.5 Å². The van der Waals surface area contributed by atoms with E-state index in [9.17, 15) is 14.9 Å². The fourth-order valence-corrected chi connectivity index (χ4v) is 3.35. The van der Waals surface area contributed by atoms with Crippen molar-refractivity contribution in [3.05, 3.63) is 61.1 Å². The molecular formula is C20H17BrIN3O4. The monoisotopic (exact) mass is 569 g/mol. The van der Waals surface area contributed by atoms with E-state index in [0.717, 1.165) is 13.6 Å². The Kier molecular flexibility index (Phi) is 8.48. The molecule has 0 unspecified atom stereocenters. The molecule has 0 aliphatic rings. The van der Waals surface area contributed by atoms with Crippen molar-refractivity contribution in [2.75, 3.05) is 6.61 Å². The minimum Gasteiger partial charge on any atom is -0.490 e. The number of nitrogens with two attached hydrogens (primary N) is 1. The van der Waals surface area contributed by atoms with Gasteiger partial charge < -0.3 is 15.2 Å². The highest BCUT2D eigenvalue weighted by atomic mass is 127. The van der Waals surface area contributed by atoms with Crippen LogP contribution in [0.15, 0.2) is 46.4 Å². The molecule has 0 aliphatic carbocycles. The summed E-state index contributed by atoms with van der Waals surface area (Å²) in [6, 6.07) is 11.9. The van der Waals surface area contributed by atoms with Gasteiger partial charge in [-0.15, -0.1) is 0 Å². The number of primary amides is 1. The zero-order chi connectivity index (χ0) is 21.4. The molecule has 7 nitrogen and oxygen atoms in total. The van der Waals surface area contributed by atoms with Crippen molar-refractivity contribution in [3.8, 4) is 17.6 Å². The molecule has 2 aromatic rings. The predicted octanol–water partition coefficient (Wildman–Crippen LogP) is 4.13. The van der Waals surface area contributed by atoms with Gasteiger partial charge in [0.25, 0.3) is 5.91 Å². The highest BCUT2D eigenvalue weighted by Gasteiger charge is 2.15. The number of benzene rings is 2. The molecule has 3 N–H and O–H groups in total. The second kappa shape index (κ2) is 10.8. The van der Waals surface area contributed by atoms with Crippen LogP contribution in [-0.4, -0.2) is 18.5 Å². The minimum absolute atomic E-state index is 0.259. The SMILES string of the molecule is CCOc1cc(/C=C(/C#N)C(=O)NC(N)=O)cc(I)c1OCc1ccc(Br)cc1. The highest BCUT2D eigenvalue weighted by Crippen LogP contribution is 2.35. The van der Waals surface area contributed by atoms with Gasteiger partial charge >= 0.3 is 6.03 Å². The Balaban J connectivity index is 2.32. The fraction of sp³-hybridized carbons (Fsp3) is 0.150.